The Morgan fingerprint density at radius 3 is 2.62 bits per heavy atom. The van der Waals surface area contributed by atoms with Crippen LogP contribution in [0.1, 0.15) is 23.2 Å². The number of hydrogen-bond acceptors (Lipinski definition) is 6. The summed E-state index contributed by atoms with van der Waals surface area (Å²) in [5.74, 6) is 1.75. The normalized spacial score (nSPS) is 22.7. The van der Waals surface area contributed by atoms with Crippen LogP contribution in [0.5, 0.6) is 0 Å². The van der Waals surface area contributed by atoms with E-state index in [1.807, 2.05) is 29.2 Å². The number of nitrogens with zero attached hydrogens (tertiary/aromatic N) is 5. The lowest BCUT2D eigenvalue weighted by Crippen LogP contribution is -2.47. The highest BCUT2D eigenvalue weighted by atomic mass is 35.5. The van der Waals surface area contributed by atoms with Gasteiger partial charge in [-0.15, -0.1) is 0 Å². The van der Waals surface area contributed by atoms with Gasteiger partial charge in [-0.2, -0.15) is 0 Å². The molecule has 2 aromatic heterocycles. The van der Waals surface area contributed by atoms with E-state index in [9.17, 15) is 4.79 Å². The highest BCUT2D eigenvalue weighted by Gasteiger charge is 2.47. The highest BCUT2D eigenvalue weighted by molar-refractivity contribution is 6.29. The van der Waals surface area contributed by atoms with Crippen molar-refractivity contribution in [2.45, 2.75) is 24.9 Å². The Labute approximate surface area is 173 Å². The number of rotatable bonds is 4. The fourth-order valence-corrected chi connectivity index (χ4v) is 4.55. The third kappa shape index (κ3) is 3.42. The summed E-state index contributed by atoms with van der Waals surface area (Å²) in [5.41, 5.74) is 1.39. The van der Waals surface area contributed by atoms with Gasteiger partial charge in [-0.25, -0.2) is 19.9 Å². The number of hydrogen-bond donors (Lipinski definition) is 1. The Morgan fingerprint density at radius 2 is 1.86 bits per heavy atom. The lowest BCUT2D eigenvalue weighted by Gasteiger charge is -2.34. The average Bonchev–Trinajstić information content (AvgIpc) is 3.36. The van der Waals surface area contributed by atoms with Crippen molar-refractivity contribution in [2.24, 2.45) is 5.92 Å². The number of aromatic nitrogens is 4. The quantitative estimate of drug-likeness (QED) is 0.715. The van der Waals surface area contributed by atoms with Crippen LogP contribution in [0.2, 0.25) is 5.15 Å². The smallest absolute Gasteiger partial charge is 0.254 e. The number of carbonyl (C=O) groups is 1. The lowest BCUT2D eigenvalue weighted by molar-refractivity contribution is 0.0693. The maximum absolute atomic E-state index is 13.5. The first kappa shape index (κ1) is 18.0. The second-order valence-corrected chi connectivity index (χ2v) is 7.84. The van der Waals surface area contributed by atoms with Crippen molar-refractivity contribution >= 4 is 23.3 Å². The zero-order chi connectivity index (χ0) is 19.8. The van der Waals surface area contributed by atoms with Gasteiger partial charge >= 0.3 is 0 Å². The third-order valence-electron chi connectivity index (χ3n) is 5.66. The number of amides is 1. The van der Waals surface area contributed by atoms with Crippen molar-refractivity contribution in [1.29, 1.82) is 0 Å². The molecule has 29 heavy (non-hydrogen) atoms. The van der Waals surface area contributed by atoms with Crippen LogP contribution in [0.3, 0.4) is 0 Å². The van der Waals surface area contributed by atoms with E-state index in [1.165, 1.54) is 6.20 Å². The molecule has 3 atom stereocenters. The molecule has 2 aliphatic rings. The van der Waals surface area contributed by atoms with Crippen LogP contribution in [0.25, 0.3) is 11.4 Å². The van der Waals surface area contributed by atoms with Crippen molar-refractivity contribution in [1.82, 2.24) is 24.8 Å². The van der Waals surface area contributed by atoms with Gasteiger partial charge in [0.15, 0.2) is 5.82 Å². The summed E-state index contributed by atoms with van der Waals surface area (Å²) in [6.45, 7) is 0.776. The van der Waals surface area contributed by atoms with E-state index in [0.29, 0.717) is 28.3 Å². The molecule has 1 N–H and O–H groups in total. The molecule has 1 aliphatic carbocycles. The SMILES string of the molecule is O=C(c1ccccc1-c1ncccn1)N1CC2CC(Nc3cnc(Cl)cn3)C1C2. The second kappa shape index (κ2) is 7.40. The lowest BCUT2D eigenvalue weighted by atomic mass is 10.0. The van der Waals surface area contributed by atoms with E-state index in [4.69, 9.17) is 11.6 Å². The number of piperidine rings is 1. The monoisotopic (exact) mass is 406 g/mol. The highest BCUT2D eigenvalue weighted by Crippen LogP contribution is 2.40. The molecule has 3 unspecified atom stereocenters. The van der Waals surface area contributed by atoms with E-state index >= 15 is 0 Å². The van der Waals surface area contributed by atoms with Gasteiger partial charge < -0.3 is 10.2 Å². The average molecular weight is 407 g/mol. The zero-order valence-electron chi connectivity index (χ0n) is 15.6. The Balaban J connectivity index is 1.39. The predicted molar refractivity (Wildman–Crippen MR) is 109 cm³/mol. The van der Waals surface area contributed by atoms with E-state index in [2.05, 4.69) is 25.3 Å². The Morgan fingerprint density at radius 1 is 1.03 bits per heavy atom. The molecule has 7 nitrogen and oxygen atoms in total. The molecule has 2 fully saturated rings. The van der Waals surface area contributed by atoms with E-state index in [0.717, 1.165) is 24.9 Å². The molecule has 1 amide bonds. The van der Waals surface area contributed by atoms with Crippen molar-refractivity contribution in [2.75, 3.05) is 11.9 Å². The van der Waals surface area contributed by atoms with Gasteiger partial charge in [0.1, 0.15) is 11.0 Å². The summed E-state index contributed by atoms with van der Waals surface area (Å²) in [4.78, 5) is 32.5. The van der Waals surface area contributed by atoms with Crippen LogP contribution in [0, 0.1) is 5.92 Å². The van der Waals surface area contributed by atoms with Gasteiger partial charge in [0, 0.05) is 30.5 Å². The summed E-state index contributed by atoms with van der Waals surface area (Å²) in [6.07, 6.45) is 8.54. The largest absolute Gasteiger partial charge is 0.364 e. The minimum absolute atomic E-state index is 0.0224. The molecule has 5 rings (SSSR count). The molecule has 1 aromatic carbocycles. The number of anilines is 1. The summed E-state index contributed by atoms with van der Waals surface area (Å²) in [6, 6.07) is 9.57. The molecule has 1 aliphatic heterocycles. The Hall–Kier alpha value is -3.06. The molecule has 146 valence electrons. The molecule has 0 spiro atoms. The fraction of sp³-hybridized carbons (Fsp3) is 0.286. The third-order valence-corrected chi connectivity index (χ3v) is 5.86. The summed E-state index contributed by atoms with van der Waals surface area (Å²) < 4.78 is 0. The van der Waals surface area contributed by atoms with Crippen molar-refractivity contribution in [3.8, 4) is 11.4 Å². The van der Waals surface area contributed by atoms with E-state index in [-0.39, 0.29) is 18.0 Å². The minimum atomic E-state index is 0.0224. The molecule has 3 aromatic rings. The van der Waals surface area contributed by atoms with Crippen molar-refractivity contribution in [3.63, 3.8) is 0 Å². The molecule has 1 saturated heterocycles. The number of halogens is 1. The Bertz CT molecular complexity index is 1030. The molecule has 3 heterocycles. The number of likely N-dealkylation sites (tertiary alicyclic amines) is 1. The van der Waals surface area contributed by atoms with Gasteiger partial charge in [0.05, 0.1) is 24.0 Å². The van der Waals surface area contributed by atoms with E-state index < -0.39 is 0 Å². The molecular formula is C21H19ClN6O. The minimum Gasteiger partial charge on any atom is -0.364 e. The molecule has 8 heteroatoms. The van der Waals surface area contributed by atoms with Crippen molar-refractivity contribution < 1.29 is 4.79 Å². The fourth-order valence-electron chi connectivity index (χ4n) is 4.45. The van der Waals surface area contributed by atoms with Gasteiger partial charge in [0.25, 0.3) is 5.91 Å². The number of benzene rings is 1. The molecule has 1 saturated carbocycles. The van der Waals surface area contributed by atoms with Gasteiger partial charge in [0.2, 0.25) is 0 Å². The standard InChI is InChI=1S/C21H19ClN6O/c22-18-10-26-19(11-25-18)27-16-8-13-9-17(16)28(12-13)21(29)15-5-2-1-4-14(15)20-23-6-3-7-24-20/h1-7,10-11,13,16-17H,8-9,12H2,(H,26,27). The zero-order valence-corrected chi connectivity index (χ0v) is 16.3. The number of fused-ring (bicyclic) bond motifs is 2. The van der Waals surface area contributed by atoms with Crippen molar-refractivity contribution in [3.05, 3.63) is 65.8 Å². The summed E-state index contributed by atoms with van der Waals surface area (Å²) in [5, 5.41) is 3.79. The van der Waals surface area contributed by atoms with Gasteiger partial charge in [-0.3, -0.25) is 4.79 Å². The van der Waals surface area contributed by atoms with Gasteiger partial charge in [-0.1, -0.05) is 29.8 Å². The first-order valence-corrected chi connectivity index (χ1v) is 9.98. The van der Waals surface area contributed by atoms with Crippen LogP contribution < -0.4 is 5.32 Å². The van der Waals surface area contributed by atoms with Crippen LogP contribution in [0.15, 0.2) is 55.1 Å². The first-order valence-electron chi connectivity index (χ1n) is 9.60. The van der Waals surface area contributed by atoms with Crippen LogP contribution in [0.4, 0.5) is 5.82 Å². The number of nitrogens with one attached hydrogen (secondary N) is 1. The first-order chi connectivity index (χ1) is 14.2. The Kier molecular flexibility index (Phi) is 4.60. The van der Waals surface area contributed by atoms with E-state index in [1.54, 1.807) is 24.7 Å². The molecular weight excluding hydrogens is 388 g/mol. The molecule has 2 bridgehead atoms. The maximum Gasteiger partial charge on any atom is 0.254 e. The van der Waals surface area contributed by atoms with Crippen LogP contribution in [-0.2, 0) is 0 Å². The second-order valence-electron chi connectivity index (χ2n) is 7.46. The molecule has 0 radical (unpaired) electrons. The number of carbonyl (C=O) groups excluding carboxylic acids is 1. The van der Waals surface area contributed by atoms with Crippen LogP contribution >= 0.6 is 11.6 Å². The van der Waals surface area contributed by atoms with Crippen LogP contribution in [-0.4, -0.2) is 49.4 Å². The summed E-state index contributed by atoms with van der Waals surface area (Å²) in [7, 11) is 0. The maximum atomic E-state index is 13.5. The predicted octanol–water partition coefficient (Wildman–Crippen LogP) is 3.30. The topological polar surface area (TPSA) is 83.9 Å². The van der Waals surface area contributed by atoms with Gasteiger partial charge in [-0.05, 0) is 30.9 Å². The summed E-state index contributed by atoms with van der Waals surface area (Å²) >= 11 is 5.82.